The first kappa shape index (κ1) is 45.1. The summed E-state index contributed by atoms with van der Waals surface area (Å²) in [6.07, 6.45) is 26.3. The number of hydrogen-bond donors (Lipinski definition) is 3. The van der Waals surface area contributed by atoms with Gasteiger partial charge in [0, 0.05) is 35.7 Å². The van der Waals surface area contributed by atoms with Gasteiger partial charge in [0.15, 0.2) is 0 Å². The Morgan fingerprint density at radius 2 is 1.65 bits per heavy atom. The minimum Gasteiger partial charge on any atom is -0.355 e. The fraction of sp³-hybridized carbons (Fsp3) is 0.357. The number of anilines is 1. The van der Waals surface area contributed by atoms with Crippen LogP contribution in [0.1, 0.15) is 82.3 Å². The second-order valence-corrected chi connectivity index (χ2v) is 18.1. The maximum Gasteiger partial charge on any atom is 0.243 e. The third-order valence-corrected chi connectivity index (χ3v) is 13.4. The molecule has 4 aromatic rings. The second-order valence-electron chi connectivity index (χ2n) is 18.1. The Bertz CT molecular complexity index is 2550. The maximum absolute atomic E-state index is 14.4. The van der Waals surface area contributed by atoms with Crippen LogP contribution in [0, 0.1) is 17.8 Å². The lowest BCUT2D eigenvalue weighted by Gasteiger charge is -2.37. The molecular formula is C56H63N5O4. The smallest absolute Gasteiger partial charge is 0.243 e. The number of nitrogens with zero attached hydrogens (tertiary/aromatic N) is 2. The van der Waals surface area contributed by atoms with Gasteiger partial charge in [-0.25, -0.2) is 0 Å². The number of allylic oxidation sites excluding steroid dienone is 8. The molecule has 1 aromatic heterocycles. The third-order valence-electron chi connectivity index (χ3n) is 13.4. The third kappa shape index (κ3) is 11.3. The zero-order valence-corrected chi connectivity index (χ0v) is 37.8. The zero-order valence-electron chi connectivity index (χ0n) is 37.8. The number of benzene rings is 3. The van der Waals surface area contributed by atoms with E-state index in [4.69, 9.17) is 0 Å². The standard InChI is InChI=1S/C56H63N5O4/c1-3-32-60(55(64)49(35-41-20-9-5-10-21-41)47-24-14-13-17-39(47)2)38-53(62)57-45-28-26-43(27-29-45)51-37-44-36-46(30-31-50(44)59-51)58-54(63)52-25-15-16-33-61(52)56(65)48(42-22-11-6-12-23-42)34-40-18-7-4-8-19-40/h4,6-9,11-14,17-24,26-29,31,36-37,39,46-49,52,59H,3,5,10,15-16,25,30,32-35,38H2,1-2H3,(H,57,62)(H,58,63). The lowest BCUT2D eigenvalue weighted by atomic mass is 9.76. The summed E-state index contributed by atoms with van der Waals surface area (Å²) >= 11 is 0. The summed E-state index contributed by atoms with van der Waals surface area (Å²) < 4.78 is 0. The molecular weight excluding hydrogens is 807 g/mol. The Hall–Kier alpha value is -6.48. The first-order chi connectivity index (χ1) is 31.7. The monoisotopic (exact) mass is 869 g/mol. The van der Waals surface area contributed by atoms with Gasteiger partial charge < -0.3 is 25.4 Å². The molecule has 65 heavy (non-hydrogen) atoms. The number of hydrogen-bond acceptors (Lipinski definition) is 4. The number of piperidine rings is 1. The van der Waals surface area contributed by atoms with Crippen molar-refractivity contribution in [3.05, 3.63) is 161 Å². The quantitative estimate of drug-likeness (QED) is 0.105. The first-order valence-electron chi connectivity index (χ1n) is 23.7. The van der Waals surface area contributed by atoms with E-state index < -0.39 is 6.04 Å². The molecule has 6 unspecified atom stereocenters. The van der Waals surface area contributed by atoms with Gasteiger partial charge in [-0.1, -0.05) is 147 Å². The molecule has 1 aliphatic heterocycles. The maximum atomic E-state index is 14.4. The molecule has 6 atom stereocenters. The normalized spacial score (nSPS) is 20.9. The van der Waals surface area contributed by atoms with Crippen LogP contribution in [-0.4, -0.2) is 70.1 Å². The highest BCUT2D eigenvalue weighted by molar-refractivity contribution is 5.95. The number of carbonyl (C=O) groups excluding carboxylic acids is 4. The van der Waals surface area contributed by atoms with E-state index in [-0.39, 0.29) is 59.9 Å². The minimum absolute atomic E-state index is 0.000681. The molecule has 1 fully saturated rings. The molecule has 3 aromatic carbocycles. The van der Waals surface area contributed by atoms with Gasteiger partial charge in [-0.2, -0.15) is 0 Å². The van der Waals surface area contributed by atoms with Crippen LogP contribution in [0.15, 0.2) is 139 Å². The Kier molecular flexibility index (Phi) is 14.9. The fourth-order valence-corrected chi connectivity index (χ4v) is 9.98. The SMILES string of the molecule is CCCN(CC(=O)Nc1ccc(-c2cc3c([nH]2)=CCC(NC(=O)C2CCCCN2C(=O)C(Cc2ccccc2)c2ccccc2)C=3)cc1)C(=O)C(CC1=CCCC=C1)C1C=CC=CC1C. The van der Waals surface area contributed by atoms with Crippen LogP contribution in [0.5, 0.6) is 0 Å². The number of aromatic nitrogens is 1. The molecule has 336 valence electrons. The second kappa shape index (κ2) is 21.5. The number of fused-ring (bicyclic) bond motifs is 1. The molecule has 9 heteroatoms. The molecule has 1 saturated heterocycles. The van der Waals surface area contributed by atoms with Gasteiger partial charge in [-0.05, 0) is 110 Å². The van der Waals surface area contributed by atoms with Crippen molar-refractivity contribution in [1.29, 1.82) is 0 Å². The summed E-state index contributed by atoms with van der Waals surface area (Å²) in [5, 5.41) is 8.31. The summed E-state index contributed by atoms with van der Waals surface area (Å²) in [5.41, 5.74) is 5.79. The highest BCUT2D eigenvalue weighted by atomic mass is 16.2. The molecule has 3 N–H and O–H groups in total. The highest BCUT2D eigenvalue weighted by Crippen LogP contribution is 2.34. The zero-order chi connectivity index (χ0) is 45.1. The Labute approximate surface area is 383 Å². The molecule has 0 radical (unpaired) electrons. The van der Waals surface area contributed by atoms with Crippen molar-refractivity contribution >= 4 is 41.5 Å². The van der Waals surface area contributed by atoms with Gasteiger partial charge in [0.2, 0.25) is 23.6 Å². The molecule has 4 amide bonds. The lowest BCUT2D eigenvalue weighted by Crippen LogP contribution is -2.55. The van der Waals surface area contributed by atoms with Gasteiger partial charge in [0.25, 0.3) is 0 Å². The van der Waals surface area contributed by atoms with Crippen LogP contribution in [0.3, 0.4) is 0 Å². The van der Waals surface area contributed by atoms with E-state index in [1.807, 2.05) is 90.7 Å². The molecule has 0 bridgehead atoms. The van der Waals surface area contributed by atoms with Crippen molar-refractivity contribution in [3.8, 4) is 11.3 Å². The van der Waals surface area contributed by atoms with Crippen molar-refractivity contribution in [3.63, 3.8) is 0 Å². The molecule has 9 nitrogen and oxygen atoms in total. The van der Waals surface area contributed by atoms with Gasteiger partial charge in [0.05, 0.1) is 18.5 Å². The Morgan fingerprint density at radius 3 is 2.38 bits per heavy atom. The van der Waals surface area contributed by atoms with Gasteiger partial charge in [-0.3, -0.25) is 19.2 Å². The number of H-pyrrole nitrogens is 1. The van der Waals surface area contributed by atoms with Crippen LogP contribution in [0.2, 0.25) is 0 Å². The van der Waals surface area contributed by atoms with Crippen LogP contribution >= 0.6 is 0 Å². The first-order valence-corrected chi connectivity index (χ1v) is 23.7. The predicted molar refractivity (Wildman–Crippen MR) is 261 cm³/mol. The topological polar surface area (TPSA) is 115 Å². The van der Waals surface area contributed by atoms with E-state index in [9.17, 15) is 19.2 Å². The largest absolute Gasteiger partial charge is 0.355 e. The predicted octanol–water partition coefficient (Wildman–Crippen LogP) is 8.38. The number of amides is 4. The van der Waals surface area contributed by atoms with Gasteiger partial charge >= 0.3 is 0 Å². The van der Waals surface area contributed by atoms with E-state index in [0.29, 0.717) is 44.5 Å². The fourth-order valence-electron chi connectivity index (χ4n) is 9.98. The van der Waals surface area contributed by atoms with Crippen molar-refractivity contribution in [1.82, 2.24) is 20.1 Å². The number of nitrogens with one attached hydrogen (secondary N) is 3. The summed E-state index contributed by atoms with van der Waals surface area (Å²) in [7, 11) is 0. The van der Waals surface area contributed by atoms with E-state index >= 15 is 0 Å². The Morgan fingerprint density at radius 1 is 0.877 bits per heavy atom. The number of carbonyl (C=O) groups is 4. The van der Waals surface area contributed by atoms with Crippen molar-refractivity contribution in [2.24, 2.45) is 17.8 Å². The summed E-state index contributed by atoms with van der Waals surface area (Å²) in [6, 6.07) is 29.1. The molecule has 8 rings (SSSR count). The van der Waals surface area contributed by atoms with Crippen LogP contribution in [-0.2, 0) is 25.6 Å². The molecule has 2 heterocycles. The van der Waals surface area contributed by atoms with E-state index in [0.717, 1.165) is 65.1 Å². The lowest BCUT2D eigenvalue weighted by molar-refractivity contribution is -0.143. The molecule has 0 spiro atoms. The minimum atomic E-state index is -0.525. The average molecular weight is 870 g/mol. The summed E-state index contributed by atoms with van der Waals surface area (Å²) in [4.78, 5) is 63.4. The van der Waals surface area contributed by atoms with Crippen LogP contribution < -0.4 is 21.2 Å². The van der Waals surface area contributed by atoms with E-state index in [1.54, 1.807) is 4.90 Å². The summed E-state index contributed by atoms with van der Waals surface area (Å²) in [5.74, 6) is -0.657. The van der Waals surface area contributed by atoms with E-state index in [2.05, 4.69) is 89.3 Å². The summed E-state index contributed by atoms with van der Waals surface area (Å²) in [6.45, 7) is 5.27. The molecule has 0 saturated carbocycles. The number of likely N-dealkylation sites (tertiary alicyclic amines) is 1. The van der Waals surface area contributed by atoms with E-state index in [1.165, 1.54) is 5.57 Å². The van der Waals surface area contributed by atoms with Crippen molar-refractivity contribution in [2.45, 2.75) is 89.6 Å². The van der Waals surface area contributed by atoms with Gasteiger partial charge in [0.1, 0.15) is 6.04 Å². The number of rotatable bonds is 16. The average Bonchev–Trinajstić information content (AvgIpc) is 3.77. The molecule has 3 aliphatic carbocycles. The number of aromatic amines is 1. The van der Waals surface area contributed by atoms with Crippen LogP contribution in [0.25, 0.3) is 23.4 Å². The Balaban J connectivity index is 0.900. The highest BCUT2D eigenvalue weighted by Gasteiger charge is 2.37. The van der Waals surface area contributed by atoms with Crippen molar-refractivity contribution in [2.75, 3.05) is 25.0 Å². The molecule has 4 aliphatic rings. The van der Waals surface area contributed by atoms with Crippen molar-refractivity contribution < 1.29 is 19.2 Å². The van der Waals surface area contributed by atoms with Crippen LogP contribution in [0.4, 0.5) is 5.69 Å². The van der Waals surface area contributed by atoms with Gasteiger partial charge in [-0.15, -0.1) is 0 Å².